The van der Waals surface area contributed by atoms with Crippen molar-refractivity contribution in [1.29, 1.82) is 0 Å². The molecule has 3 heterocycles. The number of carbonyl (C=O) groups is 1. The molecule has 2 aromatic rings. The first-order valence-corrected chi connectivity index (χ1v) is 7.41. The molecule has 0 radical (unpaired) electrons. The molecule has 6 heteroatoms. The van der Waals surface area contributed by atoms with Gasteiger partial charge in [-0.15, -0.1) is 0 Å². The molecule has 5 nitrogen and oxygen atoms in total. The van der Waals surface area contributed by atoms with Crippen LogP contribution in [-0.2, 0) is 4.74 Å². The third-order valence-corrected chi connectivity index (χ3v) is 3.91. The highest BCUT2D eigenvalue weighted by molar-refractivity contribution is 7.08. The van der Waals surface area contributed by atoms with Crippen LogP contribution in [0.15, 0.2) is 29.1 Å². The van der Waals surface area contributed by atoms with Crippen LogP contribution >= 0.6 is 11.3 Å². The zero-order valence-corrected chi connectivity index (χ0v) is 12.0. The van der Waals surface area contributed by atoms with E-state index in [1.54, 1.807) is 6.20 Å². The van der Waals surface area contributed by atoms with Crippen molar-refractivity contribution in [3.05, 3.63) is 46.2 Å². The first kappa shape index (κ1) is 13.2. The number of carbonyl (C=O) groups excluding carboxylic acids is 1. The molecule has 1 aliphatic rings. The van der Waals surface area contributed by atoms with Crippen LogP contribution < -0.4 is 0 Å². The topological polar surface area (TPSA) is 55.3 Å². The molecule has 0 saturated carbocycles. The Bertz CT molecular complexity index is 600. The number of rotatable bonds is 2. The highest BCUT2D eigenvalue weighted by Gasteiger charge is 2.27. The summed E-state index contributed by atoms with van der Waals surface area (Å²) in [4.78, 5) is 22.8. The number of ether oxygens (including phenoxy) is 1. The van der Waals surface area contributed by atoms with Gasteiger partial charge in [0, 0.05) is 23.8 Å². The van der Waals surface area contributed by atoms with Crippen LogP contribution in [0.2, 0.25) is 0 Å². The van der Waals surface area contributed by atoms with Gasteiger partial charge in [0.15, 0.2) is 5.82 Å². The van der Waals surface area contributed by atoms with E-state index >= 15 is 0 Å². The molecule has 0 aliphatic carbocycles. The van der Waals surface area contributed by atoms with Crippen molar-refractivity contribution in [2.45, 2.75) is 13.0 Å². The molecule has 1 atom stereocenters. The fourth-order valence-electron chi connectivity index (χ4n) is 2.18. The minimum atomic E-state index is -0.244. The van der Waals surface area contributed by atoms with E-state index in [-0.39, 0.29) is 12.0 Å². The zero-order valence-electron chi connectivity index (χ0n) is 11.2. The highest BCUT2D eigenvalue weighted by atomic mass is 32.1. The normalized spacial score (nSPS) is 19.1. The summed E-state index contributed by atoms with van der Waals surface area (Å²) in [5.74, 6) is 0.694. The van der Waals surface area contributed by atoms with E-state index in [1.165, 1.54) is 11.3 Å². The molecule has 0 N–H and O–H groups in total. The van der Waals surface area contributed by atoms with Gasteiger partial charge in [0.1, 0.15) is 6.10 Å². The fraction of sp³-hybridized carbons (Fsp3) is 0.357. The maximum absolute atomic E-state index is 12.3. The Morgan fingerprint density at radius 1 is 1.50 bits per heavy atom. The van der Waals surface area contributed by atoms with Gasteiger partial charge < -0.3 is 9.64 Å². The maximum atomic E-state index is 12.3. The van der Waals surface area contributed by atoms with Gasteiger partial charge in [0.25, 0.3) is 5.91 Å². The first-order valence-electron chi connectivity index (χ1n) is 6.46. The van der Waals surface area contributed by atoms with Gasteiger partial charge in [-0.2, -0.15) is 11.3 Å². The quantitative estimate of drug-likeness (QED) is 0.849. The molecule has 1 amide bonds. The van der Waals surface area contributed by atoms with E-state index in [4.69, 9.17) is 4.74 Å². The molecule has 0 bridgehead atoms. The van der Waals surface area contributed by atoms with Crippen molar-refractivity contribution in [3.63, 3.8) is 0 Å². The van der Waals surface area contributed by atoms with Gasteiger partial charge in [0.2, 0.25) is 0 Å². The number of morpholine rings is 1. The van der Waals surface area contributed by atoms with Crippen LogP contribution in [0.1, 0.15) is 28.0 Å². The number of hydrogen-bond donors (Lipinski definition) is 0. The average molecular weight is 289 g/mol. The summed E-state index contributed by atoms with van der Waals surface area (Å²) in [6, 6.07) is 3.70. The van der Waals surface area contributed by atoms with Crippen molar-refractivity contribution in [3.8, 4) is 0 Å². The summed E-state index contributed by atoms with van der Waals surface area (Å²) >= 11 is 1.53. The van der Waals surface area contributed by atoms with E-state index in [0.29, 0.717) is 25.5 Å². The van der Waals surface area contributed by atoms with Crippen LogP contribution in [-0.4, -0.2) is 40.5 Å². The Hall–Kier alpha value is -1.79. The number of thiophene rings is 1. The number of aryl methyl sites for hydroxylation is 1. The van der Waals surface area contributed by atoms with Crippen LogP contribution in [0.5, 0.6) is 0 Å². The van der Waals surface area contributed by atoms with E-state index < -0.39 is 0 Å². The number of nitrogens with zero attached hydrogens (tertiary/aromatic N) is 3. The van der Waals surface area contributed by atoms with Gasteiger partial charge in [0.05, 0.1) is 18.7 Å². The fourth-order valence-corrected chi connectivity index (χ4v) is 2.81. The summed E-state index contributed by atoms with van der Waals surface area (Å²) in [7, 11) is 0. The molecular weight excluding hydrogens is 274 g/mol. The first-order chi connectivity index (χ1) is 9.74. The molecule has 3 rings (SSSR count). The summed E-state index contributed by atoms with van der Waals surface area (Å²) in [6.07, 6.45) is 1.48. The largest absolute Gasteiger partial charge is 0.367 e. The minimum absolute atomic E-state index is 0.0483. The smallest absolute Gasteiger partial charge is 0.254 e. The Balaban J connectivity index is 1.75. The van der Waals surface area contributed by atoms with Crippen LogP contribution in [0.3, 0.4) is 0 Å². The predicted molar refractivity (Wildman–Crippen MR) is 75.7 cm³/mol. The van der Waals surface area contributed by atoms with Gasteiger partial charge in [-0.05, 0) is 24.4 Å². The van der Waals surface area contributed by atoms with Crippen LogP contribution in [0.25, 0.3) is 0 Å². The highest BCUT2D eigenvalue weighted by Crippen LogP contribution is 2.21. The summed E-state index contributed by atoms with van der Waals surface area (Å²) < 4.78 is 5.70. The third kappa shape index (κ3) is 2.71. The van der Waals surface area contributed by atoms with Crippen LogP contribution in [0, 0.1) is 6.92 Å². The molecule has 0 unspecified atom stereocenters. The number of hydrogen-bond acceptors (Lipinski definition) is 5. The second-order valence-corrected chi connectivity index (χ2v) is 5.46. The van der Waals surface area contributed by atoms with Gasteiger partial charge in [-0.3, -0.25) is 4.79 Å². The number of aromatic nitrogens is 2. The molecular formula is C14H15N3O2S. The van der Waals surface area contributed by atoms with Crippen molar-refractivity contribution in [1.82, 2.24) is 14.9 Å². The Morgan fingerprint density at radius 3 is 3.15 bits per heavy atom. The summed E-state index contributed by atoms with van der Waals surface area (Å²) in [5.41, 5.74) is 1.64. The van der Waals surface area contributed by atoms with E-state index in [2.05, 4.69) is 9.97 Å². The molecule has 1 fully saturated rings. The standard InChI is InChI=1S/C14H15N3O2S/c1-10-2-4-15-13(16-10)12-8-17(5-6-19-12)14(18)11-3-7-20-9-11/h2-4,7,9,12H,5-6,8H2,1H3/t12-/m0/s1. The van der Waals surface area contributed by atoms with Crippen molar-refractivity contribution in [2.75, 3.05) is 19.7 Å². The lowest BCUT2D eigenvalue weighted by atomic mass is 10.2. The van der Waals surface area contributed by atoms with E-state index in [0.717, 1.165) is 11.3 Å². The molecule has 1 saturated heterocycles. The summed E-state index contributed by atoms with van der Waals surface area (Å²) in [5, 5.41) is 3.78. The lowest BCUT2D eigenvalue weighted by Crippen LogP contribution is -2.42. The van der Waals surface area contributed by atoms with Crippen LogP contribution in [0.4, 0.5) is 0 Å². The zero-order chi connectivity index (χ0) is 13.9. The van der Waals surface area contributed by atoms with Crippen molar-refractivity contribution < 1.29 is 9.53 Å². The molecule has 1 aliphatic heterocycles. The van der Waals surface area contributed by atoms with Gasteiger partial charge >= 0.3 is 0 Å². The van der Waals surface area contributed by atoms with Gasteiger partial charge in [-0.25, -0.2) is 9.97 Å². The predicted octanol–water partition coefficient (Wildman–Crippen LogP) is 2.06. The SMILES string of the molecule is Cc1ccnc([C@@H]2CN(C(=O)c3ccsc3)CCO2)n1. The number of amides is 1. The molecule has 0 spiro atoms. The Kier molecular flexibility index (Phi) is 3.75. The van der Waals surface area contributed by atoms with Gasteiger partial charge in [-0.1, -0.05) is 0 Å². The second kappa shape index (κ2) is 5.68. The minimum Gasteiger partial charge on any atom is -0.367 e. The van der Waals surface area contributed by atoms with Crippen molar-refractivity contribution >= 4 is 17.2 Å². The molecule has 2 aromatic heterocycles. The van der Waals surface area contributed by atoms with Crippen molar-refractivity contribution in [2.24, 2.45) is 0 Å². The lowest BCUT2D eigenvalue weighted by molar-refractivity contribution is -0.0268. The maximum Gasteiger partial charge on any atom is 0.254 e. The molecule has 104 valence electrons. The third-order valence-electron chi connectivity index (χ3n) is 3.22. The van der Waals surface area contributed by atoms with E-state index in [9.17, 15) is 4.79 Å². The van der Waals surface area contributed by atoms with E-state index in [1.807, 2.05) is 34.7 Å². The second-order valence-electron chi connectivity index (χ2n) is 4.68. The molecule has 20 heavy (non-hydrogen) atoms. The Morgan fingerprint density at radius 2 is 2.40 bits per heavy atom. The summed E-state index contributed by atoms with van der Waals surface area (Å²) in [6.45, 7) is 3.54. The molecule has 0 aromatic carbocycles. The Labute approximate surface area is 121 Å². The monoisotopic (exact) mass is 289 g/mol. The lowest BCUT2D eigenvalue weighted by Gasteiger charge is -2.32. The average Bonchev–Trinajstić information content (AvgIpc) is 3.01.